The van der Waals surface area contributed by atoms with Crippen LogP contribution in [0.3, 0.4) is 0 Å². The van der Waals surface area contributed by atoms with Crippen LogP contribution < -0.4 is 5.32 Å². The number of nitrogens with one attached hydrogen (secondary N) is 1. The Hall–Kier alpha value is -3.41. The van der Waals surface area contributed by atoms with Crippen molar-refractivity contribution in [3.8, 4) is 0 Å². The fourth-order valence-electron chi connectivity index (χ4n) is 3.21. The molecule has 0 aliphatic heterocycles. The van der Waals surface area contributed by atoms with E-state index < -0.39 is 0 Å². The normalized spacial score (nSPS) is 13.1. The second-order valence-corrected chi connectivity index (χ2v) is 7.84. The number of benzene rings is 2. The Morgan fingerprint density at radius 3 is 2.50 bits per heavy atom. The van der Waals surface area contributed by atoms with Crippen molar-refractivity contribution in [2.24, 2.45) is 5.92 Å². The fourth-order valence-corrected chi connectivity index (χ4v) is 3.21. The zero-order valence-electron chi connectivity index (χ0n) is 17.0. The molecule has 1 aromatic heterocycles. The van der Waals surface area contributed by atoms with Gasteiger partial charge >= 0.3 is 0 Å². The summed E-state index contributed by atoms with van der Waals surface area (Å²) in [5, 5.41) is 6.77. The summed E-state index contributed by atoms with van der Waals surface area (Å²) >= 11 is 0. The Balaban J connectivity index is 1.49. The van der Waals surface area contributed by atoms with Gasteiger partial charge in [-0.2, -0.15) is 0 Å². The van der Waals surface area contributed by atoms with Gasteiger partial charge in [-0.15, -0.1) is 0 Å². The van der Waals surface area contributed by atoms with Gasteiger partial charge < -0.3 is 14.7 Å². The van der Waals surface area contributed by atoms with E-state index in [-0.39, 0.29) is 24.1 Å². The van der Waals surface area contributed by atoms with E-state index in [1.165, 1.54) is 12.8 Å². The second kappa shape index (κ2) is 8.95. The summed E-state index contributed by atoms with van der Waals surface area (Å²) < 4.78 is 5.38. The minimum Gasteiger partial charge on any atom is -0.359 e. The van der Waals surface area contributed by atoms with Crippen LogP contribution in [0.15, 0.2) is 65.2 Å². The number of hydrogen-bond donors (Lipinski definition) is 1. The van der Waals surface area contributed by atoms with Gasteiger partial charge in [0.15, 0.2) is 11.5 Å². The molecule has 0 radical (unpaired) electrons. The number of nitrogens with zero attached hydrogens (tertiary/aromatic N) is 2. The Bertz CT molecular complexity index is 1010. The zero-order chi connectivity index (χ0) is 20.9. The monoisotopic (exact) mass is 403 g/mol. The van der Waals surface area contributed by atoms with Crippen LogP contribution in [0.5, 0.6) is 0 Å². The predicted octanol–water partition coefficient (Wildman–Crippen LogP) is 3.97. The van der Waals surface area contributed by atoms with Crippen molar-refractivity contribution in [3.05, 3.63) is 88.8 Å². The first-order chi connectivity index (χ1) is 14.6. The molecule has 0 bridgehead atoms. The number of carbonyl (C=O) groups excluding carboxylic acids is 2. The lowest BCUT2D eigenvalue weighted by Gasteiger charge is -2.22. The molecule has 0 atom stereocenters. The molecule has 6 nitrogen and oxygen atoms in total. The largest absolute Gasteiger partial charge is 0.359 e. The first kappa shape index (κ1) is 19.9. The molecule has 0 saturated heterocycles. The van der Waals surface area contributed by atoms with Crippen molar-refractivity contribution in [2.75, 3.05) is 6.54 Å². The number of carbonyl (C=O) groups is 2. The molecular weight excluding hydrogens is 378 g/mol. The van der Waals surface area contributed by atoms with Crippen molar-refractivity contribution >= 4 is 11.8 Å². The molecule has 4 rings (SSSR count). The molecule has 30 heavy (non-hydrogen) atoms. The van der Waals surface area contributed by atoms with E-state index >= 15 is 0 Å². The van der Waals surface area contributed by atoms with Gasteiger partial charge in [-0.05, 0) is 43.4 Å². The molecule has 2 amide bonds. The maximum Gasteiger partial charge on any atom is 0.273 e. The molecule has 1 N–H and O–H groups in total. The summed E-state index contributed by atoms with van der Waals surface area (Å²) in [7, 11) is 0. The third kappa shape index (κ3) is 5.14. The fraction of sp³-hybridized carbons (Fsp3) is 0.292. The molecule has 1 aliphatic rings. The topological polar surface area (TPSA) is 75.4 Å². The number of aromatic nitrogens is 1. The minimum atomic E-state index is -0.239. The summed E-state index contributed by atoms with van der Waals surface area (Å²) in [6, 6.07) is 18.9. The highest BCUT2D eigenvalue weighted by atomic mass is 16.5. The number of rotatable bonds is 8. The van der Waals surface area contributed by atoms with Crippen molar-refractivity contribution in [1.29, 1.82) is 0 Å². The van der Waals surface area contributed by atoms with Crippen LogP contribution in [0.1, 0.15) is 50.6 Å². The van der Waals surface area contributed by atoms with E-state index in [1.807, 2.05) is 61.5 Å². The van der Waals surface area contributed by atoms with Gasteiger partial charge in [0, 0.05) is 24.7 Å². The average molecular weight is 403 g/mol. The summed E-state index contributed by atoms with van der Waals surface area (Å²) in [6.07, 6.45) is 2.33. The molecule has 1 aliphatic carbocycles. The standard InChI is InChI=1S/C24H25N3O3/c1-17-7-11-20(12-8-17)24(29)27(15-19-5-3-2-4-6-19)16-21-13-22(26-30-21)23(28)25-14-18-9-10-18/h2-8,11-13,18H,9-10,14-16H2,1H3,(H,25,28). The molecule has 1 fully saturated rings. The van der Waals surface area contributed by atoms with Crippen LogP contribution in [-0.2, 0) is 13.1 Å². The first-order valence-corrected chi connectivity index (χ1v) is 10.2. The molecule has 1 saturated carbocycles. The van der Waals surface area contributed by atoms with E-state index in [0.717, 1.165) is 11.1 Å². The van der Waals surface area contributed by atoms with Gasteiger partial charge in [0.1, 0.15) is 0 Å². The Morgan fingerprint density at radius 1 is 1.07 bits per heavy atom. The van der Waals surface area contributed by atoms with Crippen molar-refractivity contribution in [1.82, 2.24) is 15.4 Å². The molecule has 1 heterocycles. The lowest BCUT2D eigenvalue weighted by molar-refractivity contribution is 0.0713. The number of hydrogen-bond acceptors (Lipinski definition) is 4. The Morgan fingerprint density at radius 2 is 1.80 bits per heavy atom. The van der Waals surface area contributed by atoms with Gasteiger partial charge in [0.25, 0.3) is 11.8 Å². The highest BCUT2D eigenvalue weighted by molar-refractivity contribution is 5.94. The van der Waals surface area contributed by atoms with Crippen LogP contribution in [0.4, 0.5) is 0 Å². The van der Waals surface area contributed by atoms with E-state index in [2.05, 4.69) is 10.5 Å². The van der Waals surface area contributed by atoms with E-state index in [0.29, 0.717) is 30.3 Å². The van der Waals surface area contributed by atoms with Crippen LogP contribution in [0.2, 0.25) is 0 Å². The summed E-state index contributed by atoms with van der Waals surface area (Å²) in [5.74, 6) is 0.725. The van der Waals surface area contributed by atoms with Crippen LogP contribution in [-0.4, -0.2) is 28.4 Å². The first-order valence-electron chi connectivity index (χ1n) is 10.2. The quantitative estimate of drug-likeness (QED) is 0.618. The van der Waals surface area contributed by atoms with Gasteiger partial charge in [0.05, 0.1) is 6.54 Å². The molecule has 2 aromatic carbocycles. The van der Waals surface area contributed by atoms with E-state index in [1.54, 1.807) is 11.0 Å². The third-order valence-electron chi connectivity index (χ3n) is 5.19. The van der Waals surface area contributed by atoms with Gasteiger partial charge in [0.2, 0.25) is 0 Å². The van der Waals surface area contributed by atoms with E-state index in [4.69, 9.17) is 4.52 Å². The molecule has 0 unspecified atom stereocenters. The third-order valence-corrected chi connectivity index (χ3v) is 5.19. The highest BCUT2D eigenvalue weighted by Crippen LogP contribution is 2.27. The maximum atomic E-state index is 13.2. The number of aryl methyl sites for hydroxylation is 1. The van der Waals surface area contributed by atoms with Crippen molar-refractivity contribution in [2.45, 2.75) is 32.9 Å². The molecule has 0 spiro atoms. The van der Waals surface area contributed by atoms with Gasteiger partial charge in [-0.1, -0.05) is 53.2 Å². The smallest absolute Gasteiger partial charge is 0.273 e. The van der Waals surface area contributed by atoms with Crippen molar-refractivity contribution in [3.63, 3.8) is 0 Å². The second-order valence-electron chi connectivity index (χ2n) is 7.84. The Kier molecular flexibility index (Phi) is 5.93. The lowest BCUT2D eigenvalue weighted by Crippen LogP contribution is -2.30. The van der Waals surface area contributed by atoms with E-state index in [9.17, 15) is 9.59 Å². The van der Waals surface area contributed by atoms with Crippen LogP contribution in [0.25, 0.3) is 0 Å². The van der Waals surface area contributed by atoms with Gasteiger partial charge in [-0.25, -0.2) is 0 Å². The van der Waals surface area contributed by atoms with Gasteiger partial charge in [-0.3, -0.25) is 9.59 Å². The molecule has 6 heteroatoms. The molecule has 3 aromatic rings. The SMILES string of the molecule is Cc1ccc(C(=O)N(Cc2ccccc2)Cc2cc(C(=O)NCC3CC3)no2)cc1. The Labute approximate surface area is 175 Å². The minimum absolute atomic E-state index is 0.102. The maximum absolute atomic E-state index is 13.2. The molecular formula is C24H25N3O3. The summed E-state index contributed by atoms with van der Waals surface area (Å²) in [5.41, 5.74) is 2.96. The predicted molar refractivity (Wildman–Crippen MR) is 113 cm³/mol. The number of amides is 2. The van der Waals surface area contributed by atoms with Crippen LogP contribution >= 0.6 is 0 Å². The average Bonchev–Trinajstić information content (AvgIpc) is 3.48. The lowest BCUT2D eigenvalue weighted by atomic mass is 10.1. The van der Waals surface area contributed by atoms with Crippen LogP contribution in [0, 0.1) is 12.8 Å². The zero-order valence-corrected chi connectivity index (χ0v) is 17.0. The molecule has 154 valence electrons. The highest BCUT2D eigenvalue weighted by Gasteiger charge is 2.24. The summed E-state index contributed by atoms with van der Waals surface area (Å²) in [6.45, 7) is 3.31. The summed E-state index contributed by atoms with van der Waals surface area (Å²) in [4.78, 5) is 27.1. The van der Waals surface area contributed by atoms with Crippen molar-refractivity contribution < 1.29 is 14.1 Å².